The SMILES string of the molecule is [CH2-]C#CC#CC#CC#CC#CC#CC#CC#CC#CC#CC#CC#CC#CC#CC#C[CH2-]. The lowest BCUT2D eigenvalue weighted by molar-refractivity contribution is 2.30. The normalized spacial score (nSPS) is 3.88. The van der Waals surface area contributed by atoms with Crippen LogP contribution in [0.2, 0.25) is 0 Å². The van der Waals surface area contributed by atoms with Gasteiger partial charge in [-0.1, -0.05) is 0 Å². The fraction of sp³-hybridized carbons (Fsp3) is 0. The average molecular weight is 388 g/mol. The van der Waals surface area contributed by atoms with Crippen molar-refractivity contribution in [2.24, 2.45) is 0 Å². The molecule has 0 rings (SSSR count). The molecule has 0 aromatic rings. The van der Waals surface area contributed by atoms with Crippen LogP contribution in [0, 0.1) is 191 Å². The molecule has 0 N–H and O–H groups in total. The van der Waals surface area contributed by atoms with Crippen LogP contribution in [-0.4, -0.2) is 0 Å². The van der Waals surface area contributed by atoms with E-state index < -0.39 is 0 Å². The van der Waals surface area contributed by atoms with Gasteiger partial charge >= 0.3 is 0 Å². The summed E-state index contributed by atoms with van der Waals surface area (Å²) in [4.78, 5) is 0. The first-order valence-electron chi connectivity index (χ1n) is 7.96. The van der Waals surface area contributed by atoms with E-state index in [9.17, 15) is 0 Å². The molecule has 0 aromatic heterocycles. The van der Waals surface area contributed by atoms with E-state index in [1.54, 1.807) is 0 Å². The molecule has 0 bridgehead atoms. The quantitative estimate of drug-likeness (QED) is 0.424. The van der Waals surface area contributed by atoms with Gasteiger partial charge in [0, 0.05) is 47.4 Å². The third-order valence-electron chi connectivity index (χ3n) is 1.86. The molecule has 0 radical (unpaired) electrons. The van der Waals surface area contributed by atoms with Gasteiger partial charge in [-0.15, -0.1) is 11.8 Å². The van der Waals surface area contributed by atoms with Crippen LogP contribution in [0.1, 0.15) is 0 Å². The van der Waals surface area contributed by atoms with E-state index in [1.165, 1.54) is 0 Å². The van der Waals surface area contributed by atoms with E-state index in [2.05, 4.69) is 191 Å². The predicted octanol–water partition coefficient (Wildman–Crippen LogP) is 0.706. The fourth-order valence-electron chi connectivity index (χ4n) is 0.901. The van der Waals surface area contributed by atoms with Gasteiger partial charge in [-0.05, 0) is 94.7 Å². The summed E-state index contributed by atoms with van der Waals surface area (Å²) in [5, 5.41) is 0. The zero-order valence-electron chi connectivity index (χ0n) is 16.4. The van der Waals surface area contributed by atoms with Crippen molar-refractivity contribution < 1.29 is 0 Å². The highest BCUT2D eigenvalue weighted by atomic mass is 13.6. The topological polar surface area (TPSA) is 0 Å². The molecule has 32 heavy (non-hydrogen) atoms. The third-order valence-corrected chi connectivity index (χ3v) is 1.86. The van der Waals surface area contributed by atoms with Gasteiger partial charge in [0.25, 0.3) is 0 Å². The number of rotatable bonds is 0. The van der Waals surface area contributed by atoms with E-state index in [4.69, 9.17) is 0 Å². The minimum atomic E-state index is 2.37. The molecule has 0 spiro atoms. The van der Waals surface area contributed by atoms with Crippen molar-refractivity contribution in [3.8, 4) is 178 Å². The highest BCUT2D eigenvalue weighted by Crippen LogP contribution is 1.60. The van der Waals surface area contributed by atoms with Crippen LogP contribution >= 0.6 is 0 Å². The summed E-state index contributed by atoms with van der Waals surface area (Å²) in [6.45, 7) is 6.61. The van der Waals surface area contributed by atoms with Gasteiger partial charge in [0.05, 0.1) is 0 Å². The van der Waals surface area contributed by atoms with Crippen molar-refractivity contribution in [1.82, 2.24) is 0 Å². The highest BCUT2D eigenvalue weighted by molar-refractivity contribution is 5.48. The maximum absolute atomic E-state index is 3.31. The largest absolute Gasteiger partial charge is 0.284 e. The molecular formula is C32H4-2. The van der Waals surface area contributed by atoms with Crippen LogP contribution in [0.4, 0.5) is 0 Å². The Kier molecular flexibility index (Phi) is 19.0. The molecule has 0 saturated carbocycles. The van der Waals surface area contributed by atoms with Crippen molar-refractivity contribution >= 4 is 0 Å². The van der Waals surface area contributed by atoms with E-state index in [0.717, 1.165) is 0 Å². The second-order valence-electron chi connectivity index (χ2n) is 3.85. The molecule has 0 heteroatoms. The molecule has 0 aromatic carbocycles. The van der Waals surface area contributed by atoms with Crippen LogP contribution in [0.3, 0.4) is 0 Å². The van der Waals surface area contributed by atoms with E-state index in [0.29, 0.717) is 0 Å². The van der Waals surface area contributed by atoms with Gasteiger partial charge in [-0.2, -0.15) is 13.8 Å². The summed E-state index contributed by atoms with van der Waals surface area (Å²) in [5.74, 6) is 74.4. The lowest BCUT2D eigenvalue weighted by Crippen LogP contribution is -1.57. The van der Waals surface area contributed by atoms with Crippen molar-refractivity contribution in [3.05, 3.63) is 13.8 Å². The Bertz CT molecular complexity index is 1560. The molecule has 0 fully saturated rings. The van der Waals surface area contributed by atoms with Gasteiger partial charge in [0.15, 0.2) is 0 Å². The summed E-state index contributed by atoms with van der Waals surface area (Å²) >= 11 is 0. The lowest BCUT2D eigenvalue weighted by Gasteiger charge is -1.64. The van der Waals surface area contributed by atoms with Crippen molar-refractivity contribution in [1.29, 1.82) is 0 Å². The fourth-order valence-corrected chi connectivity index (χ4v) is 0.901. The molecule has 0 amide bonds. The van der Waals surface area contributed by atoms with Gasteiger partial charge in [0.2, 0.25) is 0 Å². The number of hydrogen-bond donors (Lipinski definition) is 0. The molecule has 0 unspecified atom stereocenters. The molecule has 0 heterocycles. The second-order valence-corrected chi connectivity index (χ2v) is 3.85. The molecular weight excluding hydrogens is 384 g/mol. The van der Waals surface area contributed by atoms with Crippen LogP contribution in [0.15, 0.2) is 0 Å². The zero-order chi connectivity index (χ0) is 23.2. The smallest absolute Gasteiger partial charge is 0 e. The molecule has 0 saturated heterocycles. The lowest BCUT2D eigenvalue weighted by atomic mass is 10.4. The van der Waals surface area contributed by atoms with Crippen molar-refractivity contribution in [2.75, 3.05) is 0 Å². The molecule has 0 nitrogen and oxygen atoms in total. The van der Waals surface area contributed by atoms with Crippen molar-refractivity contribution in [2.45, 2.75) is 0 Å². The van der Waals surface area contributed by atoms with E-state index in [-0.39, 0.29) is 0 Å². The summed E-state index contributed by atoms with van der Waals surface area (Å²) in [6.07, 6.45) is 0. The van der Waals surface area contributed by atoms with Crippen LogP contribution in [0.5, 0.6) is 0 Å². The van der Waals surface area contributed by atoms with E-state index in [1.807, 2.05) is 0 Å². The van der Waals surface area contributed by atoms with Gasteiger partial charge in [0.1, 0.15) is 0 Å². The average Bonchev–Trinajstić information content (AvgIpc) is 2.81. The van der Waals surface area contributed by atoms with Gasteiger partial charge < -0.3 is 0 Å². The Balaban J connectivity index is 4.47. The van der Waals surface area contributed by atoms with Crippen LogP contribution < -0.4 is 0 Å². The summed E-state index contributed by atoms with van der Waals surface area (Å²) < 4.78 is 0. The van der Waals surface area contributed by atoms with E-state index >= 15 is 0 Å². The molecule has 0 aliphatic heterocycles. The first kappa shape index (κ1) is 25.1. The Morgan fingerprint density at radius 1 is 0.156 bits per heavy atom. The highest BCUT2D eigenvalue weighted by Gasteiger charge is 1.59. The molecule has 134 valence electrons. The maximum atomic E-state index is 3.31. The third kappa shape index (κ3) is 23.1. The van der Waals surface area contributed by atoms with Crippen LogP contribution in [-0.2, 0) is 0 Å². The summed E-state index contributed by atoms with van der Waals surface area (Å²) in [7, 11) is 0. The standard InChI is InChI=1S/C32H4/c1-3-5-7-9-11-13-15-17-19-21-23-25-27-29-31-32-30-28-26-24-22-20-18-16-14-12-10-8-6-4-2/h1-2H2/q-2. The minimum absolute atomic E-state index is 2.37. The zero-order valence-corrected chi connectivity index (χ0v) is 16.4. The van der Waals surface area contributed by atoms with Gasteiger partial charge in [-0.25, -0.2) is 11.8 Å². The Morgan fingerprint density at radius 3 is 0.344 bits per heavy atom. The minimum Gasteiger partial charge on any atom is -0.284 e. The first-order valence-corrected chi connectivity index (χ1v) is 7.96. The monoisotopic (exact) mass is 388 g/mol. The first-order chi connectivity index (χ1) is 15.9. The second kappa shape index (κ2) is 24.1. The van der Waals surface area contributed by atoms with Crippen LogP contribution in [0.25, 0.3) is 0 Å². The van der Waals surface area contributed by atoms with Crippen molar-refractivity contribution in [3.63, 3.8) is 0 Å². The maximum Gasteiger partial charge on any atom is 0 e. The van der Waals surface area contributed by atoms with Gasteiger partial charge in [-0.3, -0.25) is 11.8 Å². The Hall–Kier alpha value is -6.86. The molecule has 0 aliphatic carbocycles. The Morgan fingerprint density at radius 2 is 0.250 bits per heavy atom. The predicted molar refractivity (Wildman–Crippen MR) is 127 cm³/mol. The summed E-state index contributed by atoms with van der Waals surface area (Å²) in [5.41, 5.74) is 0. The Labute approximate surface area is 191 Å². The molecule has 0 atom stereocenters. The number of hydrogen-bond acceptors (Lipinski definition) is 0. The summed E-state index contributed by atoms with van der Waals surface area (Å²) in [6, 6.07) is 0. The molecule has 0 aliphatic rings.